The summed E-state index contributed by atoms with van der Waals surface area (Å²) >= 11 is 25.7. The van der Waals surface area contributed by atoms with Crippen molar-refractivity contribution in [1.82, 2.24) is 19.9 Å². The molecule has 688 valence electrons. The number of halogens is 4. The van der Waals surface area contributed by atoms with Crippen LogP contribution in [0.3, 0.4) is 0 Å². The molecule has 7 N–H and O–H groups in total. The number of hydrogen-bond donors (Lipinski definition) is 5. The zero-order valence-corrected chi connectivity index (χ0v) is 80.7. The second-order valence-corrected chi connectivity index (χ2v) is 36.6. The Morgan fingerprint density at radius 3 is 1.04 bits per heavy atom. The summed E-state index contributed by atoms with van der Waals surface area (Å²) in [4.78, 5) is 150. The van der Waals surface area contributed by atoms with Crippen LogP contribution in [0.4, 0.5) is 44.5 Å². The second-order valence-electron chi connectivity index (χ2n) is 30.9. The third kappa shape index (κ3) is 58.0. The summed E-state index contributed by atoms with van der Waals surface area (Å²) in [6.07, 6.45) is -4.69. The van der Waals surface area contributed by atoms with Crippen LogP contribution in [-0.2, 0) is 76.4 Å². The minimum Gasteiger partial charge on any atom is -0.870 e. The first kappa shape index (κ1) is 129. The van der Waals surface area contributed by atoms with Gasteiger partial charge in [0, 0.05) is 17.9 Å². The van der Waals surface area contributed by atoms with E-state index in [0.717, 1.165) is 41.1 Å². The number of hydrogen-bond acceptors (Lipinski definition) is 37. The molecule has 4 heterocycles. The topological polar surface area (TPSA) is 551 Å². The maximum Gasteiger partial charge on any atom is 1.00 e. The number of nitrogens with two attached hydrogens (primary N) is 1. The van der Waals surface area contributed by atoms with Gasteiger partial charge in [-0.3, -0.25) is 21.3 Å². The molecule has 5 amide bonds. The Hall–Kier alpha value is -7.89. The Morgan fingerprint density at radius 2 is 0.752 bits per heavy atom. The molecule has 0 saturated carbocycles. The summed E-state index contributed by atoms with van der Waals surface area (Å²) in [5.41, 5.74) is 10.8. The Morgan fingerprint density at radius 1 is 0.471 bits per heavy atom. The van der Waals surface area contributed by atoms with Gasteiger partial charge in [-0.1, -0.05) is 88.8 Å². The van der Waals surface area contributed by atoms with Gasteiger partial charge in [0.1, 0.15) is 81.9 Å². The molecule has 121 heavy (non-hydrogen) atoms. The predicted octanol–water partition coefficient (Wildman–Crippen LogP) is 16.7. The zero-order chi connectivity index (χ0) is 91.3. The molecule has 40 nitrogen and oxygen atoms in total. The van der Waals surface area contributed by atoms with Gasteiger partial charge in [0.05, 0.1) is 25.2 Å². The average molecular weight is 1890 g/mol. The summed E-state index contributed by atoms with van der Waals surface area (Å²) in [6.45, 7) is 51.6. The molecule has 0 aromatic carbocycles. The fraction of sp³-hybridized carbons (Fsp3) is 0.653. The van der Waals surface area contributed by atoms with Crippen molar-refractivity contribution in [2.45, 2.75) is 280 Å². The largest absolute Gasteiger partial charge is 1.00 e. The molecule has 0 aliphatic carbocycles. The number of esters is 3. The quantitative estimate of drug-likeness (QED) is 0.0111. The molecule has 0 spiro atoms. The van der Waals surface area contributed by atoms with Crippen molar-refractivity contribution in [1.29, 1.82) is 5.53 Å². The number of carbonyl (C=O) groups is 9. The molecule has 49 heteroatoms. The van der Waals surface area contributed by atoms with Gasteiger partial charge in [-0.05, 0) is 208 Å². The molecule has 0 saturated heterocycles. The smallest absolute Gasteiger partial charge is 0.870 e. The average Bonchev–Trinajstić information content (AvgIpc) is 1.66. The number of thiazole rings is 4. The van der Waals surface area contributed by atoms with Crippen molar-refractivity contribution in [2.24, 2.45) is 31.1 Å². The van der Waals surface area contributed by atoms with Crippen molar-refractivity contribution in [3.05, 3.63) is 47.7 Å². The fourth-order valence-corrected chi connectivity index (χ4v) is 9.54. The summed E-state index contributed by atoms with van der Waals surface area (Å²) in [6, 6.07) is 0. The molecule has 4 rings (SSSR count). The van der Waals surface area contributed by atoms with Crippen LogP contribution in [0.1, 0.15) is 253 Å². The van der Waals surface area contributed by atoms with Crippen LogP contribution in [0.2, 0.25) is 8.67 Å². The maximum absolute atomic E-state index is 12.9. The minimum absolute atomic E-state index is 0. The fourth-order valence-electron chi connectivity index (χ4n) is 6.05. The van der Waals surface area contributed by atoms with Gasteiger partial charge in [0.15, 0.2) is 10.3 Å². The Labute approximate surface area is 767 Å². The van der Waals surface area contributed by atoms with Crippen LogP contribution in [0.15, 0.2) is 41.8 Å². The molecular weight excluding hydrogens is 1770 g/mol. The van der Waals surface area contributed by atoms with E-state index in [-0.39, 0.29) is 141 Å². The number of alkyl halides is 2. The van der Waals surface area contributed by atoms with E-state index in [1.807, 2.05) is 26.0 Å². The van der Waals surface area contributed by atoms with Gasteiger partial charge in [0.25, 0.3) is 0 Å². The number of aliphatic hydroxyl groups is 1. The van der Waals surface area contributed by atoms with Crippen LogP contribution in [-0.4, -0.2) is 195 Å². The number of nitrogens with one attached hydrogen (secondary N) is 2. The van der Waals surface area contributed by atoms with E-state index in [1.165, 1.54) is 16.7 Å². The normalized spacial score (nSPS) is 11.6. The number of rotatable bonds is 19. The number of imide groups is 2. The van der Waals surface area contributed by atoms with Crippen LogP contribution in [0, 0.1) is 5.53 Å². The minimum atomic E-state index is -1.35. The number of aliphatic hydroxyl groups excluding tert-OH is 1. The number of carboxylic acid groups (broad SMARTS) is 1. The van der Waals surface area contributed by atoms with E-state index in [9.17, 15) is 48.3 Å². The van der Waals surface area contributed by atoms with E-state index in [4.69, 9.17) is 126 Å². The molecule has 0 fully saturated rings. The van der Waals surface area contributed by atoms with Crippen molar-refractivity contribution >= 4 is 189 Å². The van der Waals surface area contributed by atoms with Gasteiger partial charge in [0.2, 0.25) is 33.1 Å². The molecule has 0 atom stereocenters. The SMILES string of the molecule is C.C.C.CC(C)(C)O/N=C(\C(=O)O)c1nc(NC(=O)OC(C)(C)C)sc1Cl.CCOC(=O)/C(=N\OC(C)(C)C)c1csc(N(C(=O)OC(C)(C)C)C(=O)OC(C)(C)C)n1.CCOC(=O)/C(=N\OC(C)(C)C)c1csc(N)n1.CCOC(=O)/C(=N\OC(C)(C)C)c1nc(N(C(=O)OC(C)(C)C)C(=O)OC(C)(C)C)sc1Cl.CO.ClCCl.[N-]=NN=N.[Na+].[OH-]. The molecular formula is C72H122Cl4N16NaO24S4-. The van der Waals surface area contributed by atoms with E-state index in [1.54, 1.807) is 192 Å². The van der Waals surface area contributed by atoms with E-state index < -0.39 is 110 Å². The third-order valence-electron chi connectivity index (χ3n) is 9.70. The van der Waals surface area contributed by atoms with E-state index in [0.29, 0.717) is 20.6 Å². The number of nitrogen functional groups attached to an aromatic ring is 1. The van der Waals surface area contributed by atoms with Gasteiger partial charge in [-0.2, -0.15) is 9.80 Å². The van der Waals surface area contributed by atoms with E-state index >= 15 is 0 Å². The van der Waals surface area contributed by atoms with Gasteiger partial charge >= 0.3 is 83.9 Å². The zero-order valence-electron chi connectivity index (χ0n) is 72.4. The number of aromatic nitrogens is 4. The second kappa shape index (κ2) is 58.3. The van der Waals surface area contributed by atoms with E-state index in [2.05, 4.69) is 51.1 Å². The van der Waals surface area contributed by atoms with Crippen LogP contribution >= 0.6 is 91.8 Å². The molecule has 0 radical (unpaired) electrons. The number of oxime groups is 4. The van der Waals surface area contributed by atoms with Crippen LogP contribution in [0.5, 0.6) is 0 Å². The number of nitrogens with zero attached hydrogens (tertiary/aromatic N) is 13. The molecule has 4 aromatic heterocycles. The standard InChI is InChI=1S/C21H32ClN3O7S.C21H33N3O7S.C14H20ClN3O5S.C11H17N3O3S.CH2Cl2.CH4O.3CH4.HN4.Na.H2O/c1-11-29-15(26)13(24-32-21(8,9)10)12-14(22)33-16(23-12)25(17(27)30-19(2,3)4)18(28)31-20(5,6)7;1-11-28-15(25)14(23-31-21(8,9)10)13-12-32-16(22-13)24(17(26)29-19(2,3)4)18(27)30-20(5,6)7;1-13(2,3)22-12(21)17-11-16-7(9(15)24-11)8(10(19)20)18-23-14(4,5)6;1-5-16-9(15)8(14-17-11(2,3)4)7-6-18-10(12)13-7;2-1-3;1-2;;;;1-3-4-2;;/h11H2,1-10H3;12H,11H2,1-10H3;1-6H3,(H,19,20)(H,16,17,21);6H,5H2,1-4H3,(H2,12,13);1H2;2H,1H3;3*1H4;1H;;1H2/q;;;;;;;;;-1;+1;/p-1/b24-13-;23-14-;18-8-;14-8-;;;;;;;;. The van der Waals surface area contributed by atoms with Gasteiger partial charge < -0.3 is 84.2 Å². The number of aliphatic carboxylic acids is 1. The summed E-state index contributed by atoms with van der Waals surface area (Å²) in [5, 5.41) is 41.6. The van der Waals surface area contributed by atoms with Gasteiger partial charge in [-0.15, -0.1) is 45.9 Å². The summed E-state index contributed by atoms with van der Waals surface area (Å²) < 4.78 is 41.5. The van der Waals surface area contributed by atoms with Crippen molar-refractivity contribution in [3.8, 4) is 0 Å². The predicted molar refractivity (Wildman–Crippen MR) is 467 cm³/mol. The third-order valence-corrected chi connectivity index (χ3v) is 13.6. The summed E-state index contributed by atoms with van der Waals surface area (Å²) in [5.74, 6) is -3.52. The van der Waals surface area contributed by atoms with Gasteiger partial charge in [-0.25, -0.2) is 63.1 Å². The first-order valence-electron chi connectivity index (χ1n) is 34.3. The van der Waals surface area contributed by atoms with Crippen LogP contribution in [0.25, 0.3) is 5.53 Å². The molecule has 0 aliphatic heterocycles. The Bertz CT molecular complexity index is 3940. The van der Waals surface area contributed by atoms with Crippen molar-refractivity contribution in [2.75, 3.05) is 53.1 Å². The van der Waals surface area contributed by atoms with Crippen molar-refractivity contribution < 1.29 is 146 Å². The Kier molecular flexibility index (Phi) is 62.0. The number of anilines is 4. The maximum atomic E-state index is 12.9. The first-order valence-corrected chi connectivity index (χ1v) is 39.5. The molecule has 4 aromatic rings. The monoisotopic (exact) mass is 1890 g/mol. The van der Waals surface area contributed by atoms with Crippen molar-refractivity contribution in [3.63, 3.8) is 0 Å². The number of carbonyl (C=O) groups excluding carboxylic acids is 8. The summed E-state index contributed by atoms with van der Waals surface area (Å²) in [7, 11) is 1.00. The van der Waals surface area contributed by atoms with Crippen LogP contribution < -0.4 is 50.4 Å². The number of amides is 5. The molecule has 0 aliphatic rings. The molecule has 0 unspecified atom stereocenters. The number of carboxylic acids is 1. The first-order chi connectivity index (χ1) is 52.7. The molecule has 0 bridgehead atoms. The number of ether oxygens (including phenoxy) is 8. The Balaban J connectivity index is -0.000000227.